The first-order valence-electron chi connectivity index (χ1n) is 8.60. The first kappa shape index (κ1) is 16.8. The van der Waals surface area contributed by atoms with Gasteiger partial charge in [-0.1, -0.05) is 60.2 Å². The van der Waals surface area contributed by atoms with Crippen LogP contribution in [0.25, 0.3) is 10.8 Å². The Morgan fingerprint density at radius 2 is 1.62 bits per heavy atom. The van der Waals surface area contributed by atoms with Crippen LogP contribution in [0, 0.1) is 6.92 Å². The predicted octanol–water partition coefficient (Wildman–Crippen LogP) is 4.20. The number of fused-ring (bicyclic) bond motifs is 1. The molecule has 3 aromatic carbocycles. The van der Waals surface area contributed by atoms with E-state index in [0.29, 0.717) is 6.42 Å². The molecule has 4 nitrogen and oxygen atoms in total. The van der Waals surface area contributed by atoms with Crippen molar-refractivity contribution in [2.75, 3.05) is 0 Å². The van der Waals surface area contributed by atoms with Crippen molar-refractivity contribution in [1.29, 1.82) is 0 Å². The zero-order chi connectivity index (χ0) is 18.3. The fraction of sp³-hybridized carbons (Fsp3) is 0.190. The largest absolute Gasteiger partial charge is 0.274 e. The Balaban J connectivity index is 1.84. The highest BCUT2D eigenvalue weighted by atomic mass is 32.2. The minimum Gasteiger partial charge on any atom is -0.274 e. The maximum atomic E-state index is 13.2. The third-order valence-corrected chi connectivity index (χ3v) is 6.76. The fourth-order valence-corrected chi connectivity index (χ4v) is 5.23. The molecule has 132 valence electrons. The molecule has 3 aromatic rings. The molecule has 1 fully saturated rings. The summed E-state index contributed by atoms with van der Waals surface area (Å²) in [6.45, 7) is 1.90. The lowest BCUT2D eigenvalue weighted by Crippen LogP contribution is -2.34. The van der Waals surface area contributed by atoms with Gasteiger partial charge in [0.1, 0.15) is 0 Å². The van der Waals surface area contributed by atoms with Gasteiger partial charge in [0, 0.05) is 6.42 Å². The molecular formula is C21H19NO3S. The molecule has 5 heteroatoms. The molecule has 0 aromatic heterocycles. The van der Waals surface area contributed by atoms with Gasteiger partial charge in [0.05, 0.1) is 10.9 Å². The van der Waals surface area contributed by atoms with Crippen LogP contribution in [0.1, 0.15) is 30.0 Å². The van der Waals surface area contributed by atoms with Crippen molar-refractivity contribution >= 4 is 26.7 Å². The fourth-order valence-electron chi connectivity index (χ4n) is 3.61. The normalized spacial score (nSPS) is 17.8. The average Bonchev–Trinajstić information content (AvgIpc) is 3.04. The van der Waals surface area contributed by atoms with Gasteiger partial charge in [0.25, 0.3) is 10.0 Å². The monoisotopic (exact) mass is 365 g/mol. The summed E-state index contributed by atoms with van der Waals surface area (Å²) in [5.41, 5.74) is 1.85. The van der Waals surface area contributed by atoms with Crippen LogP contribution >= 0.6 is 0 Å². The number of carbonyl (C=O) groups is 1. The summed E-state index contributed by atoms with van der Waals surface area (Å²) in [6.07, 6.45) is 0.733. The van der Waals surface area contributed by atoms with Gasteiger partial charge in [-0.05, 0) is 41.8 Å². The molecule has 0 bridgehead atoms. The SMILES string of the molecule is Cc1ccc(S(=O)(=O)N2C(=O)CC[C@H]2c2cccc3ccccc23)cc1. The van der Waals surface area contributed by atoms with Gasteiger partial charge >= 0.3 is 0 Å². The summed E-state index contributed by atoms with van der Waals surface area (Å²) in [5, 5.41) is 2.02. The Labute approximate surface area is 153 Å². The van der Waals surface area contributed by atoms with Crippen LogP contribution in [-0.4, -0.2) is 18.6 Å². The number of rotatable bonds is 3. The van der Waals surface area contributed by atoms with Gasteiger partial charge in [0.2, 0.25) is 5.91 Å². The van der Waals surface area contributed by atoms with Crippen molar-refractivity contribution in [3.63, 3.8) is 0 Å². The van der Waals surface area contributed by atoms with Crippen molar-refractivity contribution in [1.82, 2.24) is 4.31 Å². The van der Waals surface area contributed by atoms with Crippen LogP contribution in [-0.2, 0) is 14.8 Å². The van der Waals surface area contributed by atoms with Crippen LogP contribution in [0.3, 0.4) is 0 Å². The molecule has 1 amide bonds. The summed E-state index contributed by atoms with van der Waals surface area (Å²) in [6, 6.07) is 19.8. The molecule has 0 N–H and O–H groups in total. The van der Waals surface area contributed by atoms with E-state index in [1.807, 2.05) is 49.4 Å². The van der Waals surface area contributed by atoms with E-state index in [9.17, 15) is 13.2 Å². The lowest BCUT2D eigenvalue weighted by molar-refractivity contribution is -0.124. The summed E-state index contributed by atoms with van der Waals surface area (Å²) >= 11 is 0. The topological polar surface area (TPSA) is 54.5 Å². The van der Waals surface area contributed by atoms with Crippen LogP contribution < -0.4 is 0 Å². The number of carbonyl (C=O) groups excluding carboxylic acids is 1. The molecule has 26 heavy (non-hydrogen) atoms. The molecule has 1 atom stereocenters. The van der Waals surface area contributed by atoms with Crippen LogP contribution in [0.2, 0.25) is 0 Å². The molecule has 1 aliphatic heterocycles. The van der Waals surface area contributed by atoms with Crippen molar-refractivity contribution in [3.05, 3.63) is 77.9 Å². The number of aryl methyl sites for hydroxylation is 1. The van der Waals surface area contributed by atoms with Gasteiger partial charge < -0.3 is 0 Å². The first-order chi connectivity index (χ1) is 12.5. The second-order valence-electron chi connectivity index (χ2n) is 6.63. The minimum absolute atomic E-state index is 0.156. The highest BCUT2D eigenvalue weighted by Crippen LogP contribution is 2.40. The number of amides is 1. The Hall–Kier alpha value is -2.66. The van der Waals surface area contributed by atoms with Crippen LogP contribution in [0.4, 0.5) is 0 Å². The summed E-state index contributed by atoms with van der Waals surface area (Å²) in [5.74, 6) is -0.344. The second-order valence-corrected chi connectivity index (χ2v) is 8.45. The molecular weight excluding hydrogens is 346 g/mol. The summed E-state index contributed by atoms with van der Waals surface area (Å²) in [7, 11) is -3.89. The van der Waals surface area contributed by atoms with Crippen LogP contribution in [0.5, 0.6) is 0 Å². The van der Waals surface area contributed by atoms with Gasteiger partial charge in [0.15, 0.2) is 0 Å². The van der Waals surface area contributed by atoms with E-state index in [4.69, 9.17) is 0 Å². The van der Waals surface area contributed by atoms with E-state index in [-0.39, 0.29) is 17.2 Å². The van der Waals surface area contributed by atoms with E-state index in [1.54, 1.807) is 24.3 Å². The zero-order valence-corrected chi connectivity index (χ0v) is 15.2. The van der Waals surface area contributed by atoms with E-state index < -0.39 is 16.1 Å². The number of benzene rings is 3. The molecule has 0 radical (unpaired) electrons. The number of hydrogen-bond acceptors (Lipinski definition) is 3. The quantitative estimate of drug-likeness (QED) is 0.699. The van der Waals surface area contributed by atoms with E-state index >= 15 is 0 Å². The van der Waals surface area contributed by atoms with Crippen molar-refractivity contribution in [3.8, 4) is 0 Å². The van der Waals surface area contributed by atoms with Gasteiger partial charge in [-0.2, -0.15) is 0 Å². The standard InChI is InChI=1S/C21H19NO3S/c1-15-9-11-17(12-10-15)26(24,25)22-20(13-14-21(22)23)19-8-4-6-16-5-2-3-7-18(16)19/h2-12,20H,13-14H2,1H3/t20-/m0/s1. The molecule has 1 aliphatic rings. The third kappa shape index (κ3) is 2.69. The highest BCUT2D eigenvalue weighted by Gasteiger charge is 2.41. The maximum absolute atomic E-state index is 13.2. The average molecular weight is 365 g/mol. The summed E-state index contributed by atoms with van der Waals surface area (Å²) in [4.78, 5) is 12.7. The number of nitrogens with zero attached hydrogens (tertiary/aromatic N) is 1. The lowest BCUT2D eigenvalue weighted by Gasteiger charge is -2.25. The molecule has 1 saturated heterocycles. The lowest BCUT2D eigenvalue weighted by atomic mass is 9.98. The molecule has 0 aliphatic carbocycles. The van der Waals surface area contributed by atoms with Gasteiger partial charge in [-0.25, -0.2) is 12.7 Å². The highest BCUT2D eigenvalue weighted by molar-refractivity contribution is 7.89. The maximum Gasteiger partial charge on any atom is 0.267 e. The van der Waals surface area contributed by atoms with Gasteiger partial charge in [-0.3, -0.25) is 4.79 Å². The second kappa shape index (κ2) is 6.25. The molecule has 0 unspecified atom stereocenters. The van der Waals surface area contributed by atoms with Crippen molar-refractivity contribution in [2.24, 2.45) is 0 Å². The van der Waals surface area contributed by atoms with Crippen molar-refractivity contribution < 1.29 is 13.2 Å². The Morgan fingerprint density at radius 3 is 2.38 bits per heavy atom. The molecule has 1 heterocycles. The van der Waals surface area contributed by atoms with E-state index in [0.717, 1.165) is 26.2 Å². The summed E-state index contributed by atoms with van der Waals surface area (Å²) < 4.78 is 27.4. The molecule has 0 saturated carbocycles. The smallest absolute Gasteiger partial charge is 0.267 e. The Bertz CT molecular complexity index is 1080. The molecule has 4 rings (SSSR count). The molecule has 0 spiro atoms. The minimum atomic E-state index is -3.89. The first-order valence-corrected chi connectivity index (χ1v) is 10.0. The Morgan fingerprint density at radius 1 is 0.923 bits per heavy atom. The van der Waals surface area contributed by atoms with E-state index in [2.05, 4.69) is 0 Å². The van der Waals surface area contributed by atoms with E-state index in [1.165, 1.54) is 0 Å². The number of hydrogen-bond donors (Lipinski definition) is 0. The van der Waals surface area contributed by atoms with Gasteiger partial charge in [-0.15, -0.1) is 0 Å². The third-order valence-electron chi connectivity index (χ3n) is 4.92. The Kier molecular flexibility index (Phi) is 4.04. The van der Waals surface area contributed by atoms with Crippen molar-refractivity contribution in [2.45, 2.75) is 30.7 Å². The predicted molar refractivity (Wildman–Crippen MR) is 101 cm³/mol. The number of sulfonamides is 1. The van der Waals surface area contributed by atoms with Crippen LogP contribution in [0.15, 0.2) is 71.6 Å². The zero-order valence-electron chi connectivity index (χ0n) is 14.4.